The lowest BCUT2D eigenvalue weighted by atomic mass is 9.79. The standard InChI is InChI=1S/C13H16O2.C6H6/c14-12(11-7-3-1-4-8-11)13(15)9-5-2-6-10-13;1-2-4-6-5-3-1/h1,3-4,7-8,15H,2,5-6,9-10H2;1-6H. The van der Waals surface area contributed by atoms with Gasteiger partial charge in [0.1, 0.15) is 5.60 Å². The summed E-state index contributed by atoms with van der Waals surface area (Å²) < 4.78 is 0. The summed E-state index contributed by atoms with van der Waals surface area (Å²) in [6, 6.07) is 21.1. The van der Waals surface area contributed by atoms with Gasteiger partial charge in [-0.25, -0.2) is 0 Å². The minimum atomic E-state index is -1.10. The van der Waals surface area contributed by atoms with Gasteiger partial charge in [-0.1, -0.05) is 86.0 Å². The first-order chi connectivity index (χ1) is 10.2. The maximum atomic E-state index is 12.1. The van der Waals surface area contributed by atoms with E-state index < -0.39 is 5.60 Å². The van der Waals surface area contributed by atoms with Crippen LogP contribution in [0.5, 0.6) is 0 Å². The molecule has 0 aromatic heterocycles. The lowest BCUT2D eigenvalue weighted by Gasteiger charge is -2.30. The third-order valence-corrected chi connectivity index (χ3v) is 3.81. The molecular formula is C19H22O2. The van der Waals surface area contributed by atoms with Crippen LogP contribution in [0.1, 0.15) is 42.5 Å². The first-order valence-electron chi connectivity index (χ1n) is 7.55. The molecule has 1 aliphatic rings. The van der Waals surface area contributed by atoms with Gasteiger partial charge in [-0.15, -0.1) is 0 Å². The van der Waals surface area contributed by atoms with Crippen LogP contribution in [0.3, 0.4) is 0 Å². The van der Waals surface area contributed by atoms with Gasteiger partial charge in [-0.3, -0.25) is 4.79 Å². The molecule has 0 amide bonds. The highest BCUT2D eigenvalue weighted by molar-refractivity contribution is 6.02. The Kier molecular flexibility index (Phi) is 5.70. The number of hydrogen-bond donors (Lipinski definition) is 1. The normalized spacial score (nSPS) is 16.4. The Morgan fingerprint density at radius 1 is 0.762 bits per heavy atom. The number of carbonyl (C=O) groups excluding carboxylic acids is 1. The largest absolute Gasteiger partial charge is 0.382 e. The number of Topliss-reactive ketones (excluding diaryl/α,β-unsaturated/α-hetero) is 1. The van der Waals surface area contributed by atoms with Crippen LogP contribution in [0.4, 0.5) is 0 Å². The van der Waals surface area contributed by atoms with Crippen LogP contribution >= 0.6 is 0 Å². The van der Waals surface area contributed by atoms with E-state index in [0.29, 0.717) is 18.4 Å². The zero-order valence-electron chi connectivity index (χ0n) is 12.2. The van der Waals surface area contributed by atoms with E-state index in [9.17, 15) is 9.90 Å². The summed E-state index contributed by atoms with van der Waals surface area (Å²) in [5.74, 6) is -0.109. The van der Waals surface area contributed by atoms with Crippen molar-refractivity contribution in [3.63, 3.8) is 0 Å². The highest BCUT2D eigenvalue weighted by atomic mass is 16.3. The zero-order valence-corrected chi connectivity index (χ0v) is 12.2. The van der Waals surface area contributed by atoms with Gasteiger partial charge in [0.15, 0.2) is 5.78 Å². The fraction of sp³-hybridized carbons (Fsp3) is 0.316. The van der Waals surface area contributed by atoms with Gasteiger partial charge in [0.05, 0.1) is 0 Å². The molecule has 1 fully saturated rings. The Hall–Kier alpha value is -1.93. The monoisotopic (exact) mass is 282 g/mol. The molecule has 21 heavy (non-hydrogen) atoms. The summed E-state index contributed by atoms with van der Waals surface area (Å²) in [6.45, 7) is 0. The quantitative estimate of drug-likeness (QED) is 0.836. The Balaban J connectivity index is 0.000000225. The summed E-state index contributed by atoms with van der Waals surface area (Å²) in [5, 5.41) is 10.2. The maximum Gasteiger partial charge on any atom is 0.194 e. The van der Waals surface area contributed by atoms with Crippen LogP contribution in [0, 0.1) is 0 Å². The van der Waals surface area contributed by atoms with E-state index in [1.807, 2.05) is 54.6 Å². The molecule has 3 rings (SSSR count). The van der Waals surface area contributed by atoms with E-state index in [4.69, 9.17) is 0 Å². The smallest absolute Gasteiger partial charge is 0.194 e. The summed E-state index contributed by atoms with van der Waals surface area (Å²) in [4.78, 5) is 12.1. The van der Waals surface area contributed by atoms with Crippen LogP contribution in [0.15, 0.2) is 66.7 Å². The highest BCUT2D eigenvalue weighted by Crippen LogP contribution is 2.30. The first-order valence-corrected chi connectivity index (χ1v) is 7.55. The maximum absolute atomic E-state index is 12.1. The lowest BCUT2D eigenvalue weighted by Crippen LogP contribution is -2.40. The van der Waals surface area contributed by atoms with Crippen molar-refractivity contribution in [1.29, 1.82) is 0 Å². The number of benzene rings is 2. The van der Waals surface area contributed by atoms with Crippen LogP contribution in [-0.2, 0) is 0 Å². The molecule has 0 spiro atoms. The fourth-order valence-corrected chi connectivity index (χ4v) is 2.61. The van der Waals surface area contributed by atoms with Crippen LogP contribution in [-0.4, -0.2) is 16.5 Å². The van der Waals surface area contributed by atoms with Crippen molar-refractivity contribution in [2.45, 2.75) is 37.7 Å². The minimum Gasteiger partial charge on any atom is -0.382 e. The number of hydrogen-bond acceptors (Lipinski definition) is 2. The third-order valence-electron chi connectivity index (χ3n) is 3.81. The third kappa shape index (κ3) is 4.54. The average Bonchev–Trinajstić information content (AvgIpc) is 2.58. The second kappa shape index (κ2) is 7.75. The van der Waals surface area contributed by atoms with E-state index >= 15 is 0 Å². The molecule has 0 aliphatic heterocycles. The molecule has 1 saturated carbocycles. The van der Waals surface area contributed by atoms with Crippen molar-refractivity contribution in [2.24, 2.45) is 0 Å². The first kappa shape index (κ1) is 15.5. The SMILES string of the molecule is O=C(c1ccccc1)C1(O)CCCCC1.c1ccccc1. The van der Waals surface area contributed by atoms with E-state index in [1.54, 1.807) is 12.1 Å². The van der Waals surface area contributed by atoms with Gasteiger partial charge in [0, 0.05) is 5.56 Å². The average molecular weight is 282 g/mol. The zero-order chi connectivity index (χ0) is 15.0. The molecule has 2 heteroatoms. The van der Waals surface area contributed by atoms with Gasteiger partial charge in [-0.05, 0) is 12.8 Å². The summed E-state index contributed by atoms with van der Waals surface area (Å²) in [7, 11) is 0. The number of carbonyl (C=O) groups is 1. The van der Waals surface area contributed by atoms with Crippen LogP contribution < -0.4 is 0 Å². The number of ketones is 1. The summed E-state index contributed by atoms with van der Waals surface area (Å²) >= 11 is 0. The molecule has 0 saturated heterocycles. The molecule has 0 bridgehead atoms. The molecule has 1 aliphatic carbocycles. The molecule has 0 radical (unpaired) electrons. The molecule has 2 aromatic rings. The molecule has 0 heterocycles. The van der Waals surface area contributed by atoms with Gasteiger partial charge in [-0.2, -0.15) is 0 Å². The predicted molar refractivity (Wildman–Crippen MR) is 85.2 cm³/mol. The van der Waals surface area contributed by atoms with Crippen molar-refractivity contribution < 1.29 is 9.90 Å². The topological polar surface area (TPSA) is 37.3 Å². The van der Waals surface area contributed by atoms with Gasteiger partial charge >= 0.3 is 0 Å². The number of rotatable bonds is 2. The second-order valence-electron chi connectivity index (χ2n) is 5.44. The van der Waals surface area contributed by atoms with Crippen molar-refractivity contribution >= 4 is 5.78 Å². The number of aliphatic hydroxyl groups is 1. The molecule has 1 N–H and O–H groups in total. The van der Waals surface area contributed by atoms with Crippen molar-refractivity contribution in [3.05, 3.63) is 72.3 Å². The van der Waals surface area contributed by atoms with Gasteiger partial charge < -0.3 is 5.11 Å². The van der Waals surface area contributed by atoms with Crippen molar-refractivity contribution in [2.75, 3.05) is 0 Å². The molecule has 110 valence electrons. The Bertz CT molecular complexity index is 501. The Labute approximate surface area is 126 Å². The molecule has 2 aromatic carbocycles. The van der Waals surface area contributed by atoms with Gasteiger partial charge in [0.25, 0.3) is 0 Å². The van der Waals surface area contributed by atoms with E-state index in [2.05, 4.69) is 0 Å². The molecule has 2 nitrogen and oxygen atoms in total. The minimum absolute atomic E-state index is 0.109. The summed E-state index contributed by atoms with van der Waals surface area (Å²) in [6.07, 6.45) is 4.26. The lowest BCUT2D eigenvalue weighted by molar-refractivity contribution is 0.0116. The van der Waals surface area contributed by atoms with Crippen LogP contribution in [0.2, 0.25) is 0 Å². The molecule has 0 atom stereocenters. The predicted octanol–water partition coefficient (Wildman–Crippen LogP) is 4.25. The van der Waals surface area contributed by atoms with E-state index in [0.717, 1.165) is 19.3 Å². The van der Waals surface area contributed by atoms with Gasteiger partial charge in [0.2, 0.25) is 0 Å². The molecule has 0 unspecified atom stereocenters. The van der Waals surface area contributed by atoms with E-state index in [-0.39, 0.29) is 5.78 Å². The highest BCUT2D eigenvalue weighted by Gasteiger charge is 2.37. The summed E-state index contributed by atoms with van der Waals surface area (Å²) in [5.41, 5.74) is -0.471. The van der Waals surface area contributed by atoms with E-state index in [1.165, 1.54) is 0 Å². The molecular weight excluding hydrogens is 260 g/mol. The fourth-order valence-electron chi connectivity index (χ4n) is 2.61. The Morgan fingerprint density at radius 2 is 1.19 bits per heavy atom. The van der Waals surface area contributed by atoms with Crippen LogP contribution in [0.25, 0.3) is 0 Å². The van der Waals surface area contributed by atoms with Crippen molar-refractivity contribution in [1.82, 2.24) is 0 Å². The Morgan fingerprint density at radius 3 is 1.67 bits per heavy atom. The second-order valence-corrected chi connectivity index (χ2v) is 5.44. The van der Waals surface area contributed by atoms with Crippen molar-refractivity contribution in [3.8, 4) is 0 Å².